The summed E-state index contributed by atoms with van der Waals surface area (Å²) < 4.78 is 6.45. The molecule has 1 aliphatic heterocycles. The first-order valence-corrected chi connectivity index (χ1v) is 7.44. The highest BCUT2D eigenvalue weighted by Crippen LogP contribution is 2.10. The summed E-state index contributed by atoms with van der Waals surface area (Å²) in [7, 11) is 0. The van der Waals surface area contributed by atoms with Crippen molar-refractivity contribution in [3.63, 3.8) is 0 Å². The number of amides is 1. The molecule has 0 aliphatic carbocycles. The van der Waals surface area contributed by atoms with Crippen LogP contribution in [0.3, 0.4) is 0 Å². The predicted molar refractivity (Wildman–Crippen MR) is 73.5 cm³/mol. The van der Waals surface area contributed by atoms with Crippen molar-refractivity contribution in [3.8, 4) is 0 Å². The molecule has 4 heteroatoms. The number of likely N-dealkylation sites (N-methyl/N-ethyl adjacent to an activating group) is 1. The van der Waals surface area contributed by atoms with Crippen molar-refractivity contribution >= 4 is 6.09 Å². The van der Waals surface area contributed by atoms with Gasteiger partial charge in [0.2, 0.25) is 0 Å². The van der Waals surface area contributed by atoms with Crippen molar-refractivity contribution in [2.45, 2.75) is 40.0 Å². The number of likely N-dealkylation sites (tertiary alicyclic amines) is 1. The van der Waals surface area contributed by atoms with E-state index in [2.05, 4.69) is 20.8 Å². The number of rotatable bonds is 6. The van der Waals surface area contributed by atoms with Gasteiger partial charge in [-0.3, -0.25) is 0 Å². The molecular weight excluding hydrogens is 228 g/mol. The molecule has 0 N–H and O–H groups in total. The molecule has 1 fully saturated rings. The minimum atomic E-state index is -0.115. The van der Waals surface area contributed by atoms with E-state index in [0.717, 1.165) is 56.6 Å². The Labute approximate surface area is 111 Å². The number of hydrogen-bond donors (Lipinski definition) is 0. The van der Waals surface area contributed by atoms with Gasteiger partial charge in [0.1, 0.15) is 13.2 Å². The number of quaternary nitrogens is 1. The summed E-state index contributed by atoms with van der Waals surface area (Å²) >= 11 is 0. The summed E-state index contributed by atoms with van der Waals surface area (Å²) in [4.78, 5) is 13.7. The molecular formula is C14H29N2O2+. The zero-order chi connectivity index (χ0) is 13.4. The summed E-state index contributed by atoms with van der Waals surface area (Å²) in [6.07, 6.45) is 3.36. The van der Waals surface area contributed by atoms with Gasteiger partial charge in [-0.15, -0.1) is 0 Å². The quantitative estimate of drug-likeness (QED) is 0.684. The molecule has 1 heterocycles. The molecule has 0 aromatic heterocycles. The third kappa shape index (κ3) is 4.16. The van der Waals surface area contributed by atoms with Crippen molar-refractivity contribution in [2.75, 3.05) is 45.9 Å². The van der Waals surface area contributed by atoms with Crippen molar-refractivity contribution in [2.24, 2.45) is 0 Å². The lowest BCUT2D eigenvalue weighted by atomic mass is 10.1. The lowest BCUT2D eigenvalue weighted by molar-refractivity contribution is -0.923. The second-order valence-corrected chi connectivity index (χ2v) is 5.18. The van der Waals surface area contributed by atoms with E-state index in [-0.39, 0.29) is 6.09 Å². The van der Waals surface area contributed by atoms with Gasteiger partial charge in [-0.2, -0.15) is 0 Å². The van der Waals surface area contributed by atoms with Crippen molar-refractivity contribution in [1.82, 2.24) is 4.90 Å². The van der Waals surface area contributed by atoms with Crippen LogP contribution >= 0.6 is 0 Å². The van der Waals surface area contributed by atoms with Crippen molar-refractivity contribution in [3.05, 3.63) is 0 Å². The average molecular weight is 257 g/mol. The molecule has 0 aromatic rings. The van der Waals surface area contributed by atoms with Gasteiger partial charge in [0.25, 0.3) is 0 Å². The van der Waals surface area contributed by atoms with Crippen LogP contribution in [0.4, 0.5) is 4.79 Å². The van der Waals surface area contributed by atoms with Crippen LogP contribution in [0.15, 0.2) is 0 Å². The summed E-state index contributed by atoms with van der Waals surface area (Å²) in [5.74, 6) is 0. The molecule has 0 unspecified atom stereocenters. The van der Waals surface area contributed by atoms with Crippen LogP contribution in [0.5, 0.6) is 0 Å². The first kappa shape index (κ1) is 15.3. The first-order chi connectivity index (χ1) is 8.67. The topological polar surface area (TPSA) is 29.5 Å². The van der Waals surface area contributed by atoms with Crippen LogP contribution in [-0.2, 0) is 4.74 Å². The van der Waals surface area contributed by atoms with Crippen LogP contribution < -0.4 is 0 Å². The van der Waals surface area contributed by atoms with E-state index in [1.54, 1.807) is 0 Å². The zero-order valence-electron chi connectivity index (χ0n) is 12.3. The summed E-state index contributed by atoms with van der Waals surface area (Å²) in [6, 6.07) is 0. The number of ether oxygens (including phenoxy) is 1. The van der Waals surface area contributed by atoms with E-state index in [4.69, 9.17) is 4.74 Å². The number of carbonyl (C=O) groups is 1. The van der Waals surface area contributed by atoms with Gasteiger partial charge < -0.3 is 14.1 Å². The van der Waals surface area contributed by atoms with Gasteiger partial charge in [0.15, 0.2) is 0 Å². The van der Waals surface area contributed by atoms with Crippen molar-refractivity contribution in [1.29, 1.82) is 0 Å². The number of hydrogen-bond acceptors (Lipinski definition) is 2. The Morgan fingerprint density at radius 3 is 2.11 bits per heavy atom. The van der Waals surface area contributed by atoms with Gasteiger partial charge in [-0.25, -0.2) is 4.79 Å². The average Bonchev–Trinajstić information content (AvgIpc) is 2.45. The normalized spacial score (nSPS) is 16.7. The Hall–Kier alpha value is -0.770. The molecule has 1 aliphatic rings. The molecule has 0 atom stereocenters. The van der Waals surface area contributed by atoms with Gasteiger partial charge >= 0.3 is 6.09 Å². The summed E-state index contributed by atoms with van der Waals surface area (Å²) in [6.45, 7) is 13.2. The van der Waals surface area contributed by atoms with Crippen LogP contribution in [0.1, 0.15) is 40.0 Å². The Morgan fingerprint density at radius 1 is 1.06 bits per heavy atom. The maximum atomic E-state index is 11.8. The Morgan fingerprint density at radius 2 is 1.61 bits per heavy atom. The minimum Gasteiger partial charge on any atom is -0.443 e. The summed E-state index contributed by atoms with van der Waals surface area (Å²) in [5.41, 5.74) is 0. The molecule has 0 radical (unpaired) electrons. The van der Waals surface area contributed by atoms with E-state index in [0.29, 0.717) is 6.61 Å². The molecule has 0 spiro atoms. The fourth-order valence-electron chi connectivity index (χ4n) is 2.64. The van der Waals surface area contributed by atoms with Crippen molar-refractivity contribution < 1.29 is 14.0 Å². The van der Waals surface area contributed by atoms with Gasteiger partial charge in [0, 0.05) is 13.1 Å². The zero-order valence-corrected chi connectivity index (χ0v) is 12.3. The smallest absolute Gasteiger partial charge is 0.409 e. The first-order valence-electron chi connectivity index (χ1n) is 7.44. The monoisotopic (exact) mass is 257 g/mol. The molecule has 0 aromatic carbocycles. The van der Waals surface area contributed by atoms with E-state index < -0.39 is 0 Å². The maximum absolute atomic E-state index is 11.8. The fraction of sp³-hybridized carbons (Fsp3) is 0.929. The third-order valence-electron chi connectivity index (χ3n) is 4.42. The van der Waals surface area contributed by atoms with Crippen LogP contribution in [-0.4, -0.2) is 61.4 Å². The van der Waals surface area contributed by atoms with E-state index in [1.807, 2.05) is 4.90 Å². The van der Waals surface area contributed by atoms with Gasteiger partial charge in [0.05, 0.1) is 19.6 Å². The Balaban J connectivity index is 2.29. The van der Waals surface area contributed by atoms with Crippen LogP contribution in [0, 0.1) is 0 Å². The fourth-order valence-corrected chi connectivity index (χ4v) is 2.64. The number of carbonyl (C=O) groups excluding carboxylic acids is 1. The number of piperidine rings is 1. The molecule has 0 saturated carbocycles. The standard InChI is InChI=1S/C14H29N2O2/c1-4-16(5-2,6-3)12-13-18-14(17)15-10-8-7-9-11-15/h4-13H2,1-3H3/q+1. The molecule has 0 bridgehead atoms. The molecule has 1 amide bonds. The number of nitrogens with zero attached hydrogens (tertiary/aromatic N) is 2. The molecule has 106 valence electrons. The van der Waals surface area contributed by atoms with Crippen LogP contribution in [0.25, 0.3) is 0 Å². The largest absolute Gasteiger partial charge is 0.443 e. The molecule has 1 rings (SSSR count). The Bertz CT molecular complexity index is 238. The molecule has 1 saturated heterocycles. The van der Waals surface area contributed by atoms with E-state index in [9.17, 15) is 4.79 Å². The van der Waals surface area contributed by atoms with E-state index >= 15 is 0 Å². The minimum absolute atomic E-state index is 0.115. The predicted octanol–water partition coefficient (Wildman–Crippen LogP) is 2.49. The second-order valence-electron chi connectivity index (χ2n) is 5.18. The van der Waals surface area contributed by atoms with E-state index in [1.165, 1.54) is 6.42 Å². The molecule has 4 nitrogen and oxygen atoms in total. The highest BCUT2D eigenvalue weighted by molar-refractivity contribution is 5.67. The second kappa shape index (κ2) is 7.62. The Kier molecular flexibility index (Phi) is 6.47. The molecule has 18 heavy (non-hydrogen) atoms. The SMILES string of the molecule is CC[N+](CC)(CC)CCOC(=O)N1CCCCC1. The highest BCUT2D eigenvalue weighted by Gasteiger charge is 2.22. The lowest BCUT2D eigenvalue weighted by Crippen LogP contribution is -2.50. The van der Waals surface area contributed by atoms with Gasteiger partial charge in [-0.1, -0.05) is 0 Å². The highest BCUT2D eigenvalue weighted by atomic mass is 16.6. The van der Waals surface area contributed by atoms with Crippen LogP contribution in [0.2, 0.25) is 0 Å². The summed E-state index contributed by atoms with van der Waals surface area (Å²) in [5, 5.41) is 0. The lowest BCUT2D eigenvalue weighted by Gasteiger charge is -2.35. The van der Waals surface area contributed by atoms with Gasteiger partial charge in [-0.05, 0) is 40.0 Å². The maximum Gasteiger partial charge on any atom is 0.409 e. The third-order valence-corrected chi connectivity index (χ3v) is 4.42.